The average molecular weight is 501 g/mol. The first-order valence-electron chi connectivity index (χ1n) is 13.8. The molecule has 0 atom stereocenters. The number of nitrogens with zero attached hydrogens (tertiary/aromatic N) is 1. The van der Waals surface area contributed by atoms with Crippen LogP contribution in [0.5, 0.6) is 11.5 Å². The zero-order valence-corrected chi connectivity index (χ0v) is 24.0. The van der Waals surface area contributed by atoms with Crippen molar-refractivity contribution in [3.63, 3.8) is 0 Å². The van der Waals surface area contributed by atoms with Gasteiger partial charge in [0.05, 0.1) is 10.9 Å². The van der Waals surface area contributed by atoms with Gasteiger partial charge in [0, 0.05) is 11.6 Å². The molecule has 0 N–H and O–H groups in total. The number of rotatable bonds is 3. The van der Waals surface area contributed by atoms with Crippen molar-refractivity contribution in [3.8, 4) is 33.9 Å². The van der Waals surface area contributed by atoms with Crippen molar-refractivity contribution in [2.75, 3.05) is 0 Å². The van der Waals surface area contributed by atoms with Crippen LogP contribution in [0.1, 0.15) is 62.8 Å². The molecule has 0 unspecified atom stereocenters. The minimum Gasteiger partial charge on any atom is -0.455 e. The molecule has 0 aliphatic carbocycles. The molecule has 2 nitrogen and oxygen atoms in total. The lowest BCUT2D eigenvalue weighted by Crippen LogP contribution is -2.32. The largest absolute Gasteiger partial charge is 0.455 e. The Kier molecular flexibility index (Phi) is 5.65. The Bertz CT molecular complexity index is 1730. The van der Waals surface area contributed by atoms with Crippen LogP contribution in [0.25, 0.3) is 43.9 Å². The highest BCUT2D eigenvalue weighted by Crippen LogP contribution is 2.52. The summed E-state index contributed by atoms with van der Waals surface area (Å²) in [6, 6.07) is 22.7. The van der Waals surface area contributed by atoms with E-state index in [9.17, 15) is 0 Å². The minimum atomic E-state index is 0.123. The Morgan fingerprint density at radius 3 is 2.26 bits per heavy atom. The molecule has 0 radical (unpaired) electrons. The molecular formula is C36H38NO+. The Balaban J connectivity index is 1.66. The molecule has 0 spiro atoms. The standard InChI is InChI=1S/C36H38NO/c1-21(2)24-10-12-25(13-11-24)27-18-26-15-16-37(8)34-32-23(4)28-14-9-22(3)17-29(28)30(20-36(5,6)7)35(32)38-31(19-27)33(26)34/h9-19,21H,20H2,1-8H3/q+1. The van der Waals surface area contributed by atoms with E-state index in [4.69, 9.17) is 4.74 Å². The van der Waals surface area contributed by atoms with E-state index in [1.165, 1.54) is 66.2 Å². The molecule has 0 fully saturated rings. The number of ether oxygens (including phenoxy) is 1. The van der Waals surface area contributed by atoms with Crippen LogP contribution in [0.2, 0.25) is 0 Å². The molecule has 5 aromatic rings. The second kappa shape index (κ2) is 8.70. The summed E-state index contributed by atoms with van der Waals surface area (Å²) >= 11 is 0. The van der Waals surface area contributed by atoms with Crippen molar-refractivity contribution in [3.05, 3.63) is 89.1 Å². The van der Waals surface area contributed by atoms with E-state index in [2.05, 4.69) is 127 Å². The summed E-state index contributed by atoms with van der Waals surface area (Å²) in [6.07, 6.45) is 3.14. The second-order valence-corrected chi connectivity index (χ2v) is 12.7. The maximum Gasteiger partial charge on any atom is 0.228 e. The summed E-state index contributed by atoms with van der Waals surface area (Å²) in [5.41, 5.74) is 10.3. The monoisotopic (exact) mass is 500 g/mol. The highest BCUT2D eigenvalue weighted by molar-refractivity contribution is 6.07. The third kappa shape index (κ3) is 3.98. The number of aromatic nitrogens is 1. The molecule has 1 aliphatic heterocycles. The van der Waals surface area contributed by atoms with Gasteiger partial charge in [-0.25, -0.2) is 4.57 Å². The quantitative estimate of drug-likeness (QED) is 0.220. The molecule has 38 heavy (non-hydrogen) atoms. The molecule has 1 aromatic heterocycles. The van der Waals surface area contributed by atoms with Crippen LogP contribution in [-0.4, -0.2) is 0 Å². The van der Waals surface area contributed by atoms with E-state index in [1.807, 2.05) is 0 Å². The van der Waals surface area contributed by atoms with Gasteiger partial charge in [0.2, 0.25) is 5.69 Å². The first-order chi connectivity index (χ1) is 18.0. The van der Waals surface area contributed by atoms with E-state index < -0.39 is 0 Å². The van der Waals surface area contributed by atoms with Crippen molar-refractivity contribution in [2.45, 2.75) is 60.8 Å². The number of benzene rings is 4. The fourth-order valence-corrected chi connectivity index (χ4v) is 6.10. The van der Waals surface area contributed by atoms with Crippen LogP contribution in [0, 0.1) is 19.3 Å². The molecule has 2 heterocycles. The molecule has 0 saturated heterocycles. The summed E-state index contributed by atoms with van der Waals surface area (Å²) < 4.78 is 9.30. The zero-order valence-electron chi connectivity index (χ0n) is 24.0. The van der Waals surface area contributed by atoms with Gasteiger partial charge in [0.15, 0.2) is 6.20 Å². The summed E-state index contributed by atoms with van der Waals surface area (Å²) in [6.45, 7) is 15.9. The van der Waals surface area contributed by atoms with Crippen LogP contribution in [-0.2, 0) is 13.5 Å². The van der Waals surface area contributed by atoms with Gasteiger partial charge in [-0.05, 0) is 82.1 Å². The highest BCUT2D eigenvalue weighted by atomic mass is 16.5. The van der Waals surface area contributed by atoms with Crippen LogP contribution < -0.4 is 9.30 Å². The van der Waals surface area contributed by atoms with E-state index in [0.29, 0.717) is 5.92 Å². The van der Waals surface area contributed by atoms with E-state index in [1.54, 1.807) is 0 Å². The van der Waals surface area contributed by atoms with Crippen molar-refractivity contribution >= 4 is 21.5 Å². The van der Waals surface area contributed by atoms with Gasteiger partial charge in [-0.3, -0.25) is 0 Å². The Morgan fingerprint density at radius 1 is 0.842 bits per heavy atom. The van der Waals surface area contributed by atoms with Gasteiger partial charge in [-0.2, -0.15) is 0 Å². The first-order valence-corrected chi connectivity index (χ1v) is 13.8. The van der Waals surface area contributed by atoms with Gasteiger partial charge in [0.1, 0.15) is 18.5 Å². The molecule has 0 amide bonds. The van der Waals surface area contributed by atoms with E-state index in [0.717, 1.165) is 17.9 Å². The molecule has 1 aliphatic rings. The predicted octanol–water partition coefficient (Wildman–Crippen LogP) is 9.59. The van der Waals surface area contributed by atoms with Gasteiger partial charge in [0.25, 0.3) is 0 Å². The lowest BCUT2D eigenvalue weighted by atomic mass is 9.81. The van der Waals surface area contributed by atoms with Gasteiger partial charge in [-0.1, -0.05) is 82.6 Å². The number of fused-ring (bicyclic) bond motifs is 3. The van der Waals surface area contributed by atoms with Crippen molar-refractivity contribution in [1.82, 2.24) is 0 Å². The van der Waals surface area contributed by atoms with Gasteiger partial charge >= 0.3 is 0 Å². The zero-order chi connectivity index (χ0) is 26.9. The normalized spacial score (nSPS) is 12.8. The van der Waals surface area contributed by atoms with E-state index in [-0.39, 0.29) is 5.41 Å². The van der Waals surface area contributed by atoms with Gasteiger partial charge in [-0.15, -0.1) is 0 Å². The van der Waals surface area contributed by atoms with E-state index >= 15 is 0 Å². The maximum atomic E-state index is 7.02. The fourth-order valence-electron chi connectivity index (χ4n) is 6.10. The number of hydrogen-bond donors (Lipinski definition) is 0. The number of pyridine rings is 1. The lowest BCUT2D eigenvalue weighted by molar-refractivity contribution is -0.659. The molecule has 0 saturated carbocycles. The predicted molar refractivity (Wildman–Crippen MR) is 160 cm³/mol. The van der Waals surface area contributed by atoms with Crippen molar-refractivity contribution < 1.29 is 9.30 Å². The number of hydrogen-bond acceptors (Lipinski definition) is 1. The highest BCUT2D eigenvalue weighted by Gasteiger charge is 2.34. The van der Waals surface area contributed by atoms with Crippen molar-refractivity contribution in [1.29, 1.82) is 0 Å². The van der Waals surface area contributed by atoms with Crippen LogP contribution in [0.4, 0.5) is 0 Å². The van der Waals surface area contributed by atoms with Crippen LogP contribution >= 0.6 is 0 Å². The summed E-state index contributed by atoms with van der Waals surface area (Å²) in [5, 5.41) is 5.04. The Hall–Kier alpha value is -3.65. The van der Waals surface area contributed by atoms with Crippen LogP contribution in [0.3, 0.4) is 0 Å². The molecular weight excluding hydrogens is 462 g/mol. The maximum absolute atomic E-state index is 7.02. The SMILES string of the molecule is Cc1ccc2c(C)c3c(c(CC(C)(C)C)c2c1)Oc1cc(-c2ccc(C(C)C)cc2)cc2cc[n+](C)c-3c12. The summed E-state index contributed by atoms with van der Waals surface area (Å²) in [5.74, 6) is 2.50. The summed E-state index contributed by atoms with van der Waals surface area (Å²) in [7, 11) is 2.16. The van der Waals surface area contributed by atoms with Gasteiger partial charge < -0.3 is 4.74 Å². The third-order valence-corrected chi connectivity index (χ3v) is 8.05. The smallest absolute Gasteiger partial charge is 0.228 e. The fraction of sp³-hybridized carbons (Fsp3) is 0.306. The summed E-state index contributed by atoms with van der Waals surface area (Å²) in [4.78, 5) is 0. The second-order valence-electron chi connectivity index (χ2n) is 12.7. The molecule has 192 valence electrons. The molecule has 4 aromatic carbocycles. The first kappa shape index (κ1) is 24.7. The Morgan fingerprint density at radius 2 is 1.58 bits per heavy atom. The molecule has 2 heteroatoms. The third-order valence-electron chi connectivity index (χ3n) is 8.05. The van der Waals surface area contributed by atoms with Crippen molar-refractivity contribution in [2.24, 2.45) is 12.5 Å². The number of aryl methyl sites for hydroxylation is 3. The topological polar surface area (TPSA) is 13.1 Å². The minimum absolute atomic E-state index is 0.123. The molecule has 6 rings (SSSR count). The average Bonchev–Trinajstić information content (AvgIpc) is 2.87. The van der Waals surface area contributed by atoms with Crippen LogP contribution in [0.15, 0.2) is 66.9 Å². The lowest BCUT2D eigenvalue weighted by Gasteiger charge is -2.28. The molecule has 0 bridgehead atoms. The Labute approximate surface area is 226 Å².